The number of benzene rings is 1. The third-order valence-corrected chi connectivity index (χ3v) is 3.14. The number of halogens is 4. The number of hydrogen-bond donors (Lipinski definition) is 2. The van der Waals surface area contributed by atoms with Crippen molar-refractivity contribution in [1.29, 1.82) is 0 Å². The van der Waals surface area contributed by atoms with Crippen LogP contribution in [-0.2, 0) is 11.0 Å². The van der Waals surface area contributed by atoms with Crippen molar-refractivity contribution in [2.24, 2.45) is 0 Å². The van der Waals surface area contributed by atoms with Crippen molar-refractivity contribution < 1.29 is 18.0 Å². The Morgan fingerprint density at radius 1 is 1.40 bits per heavy atom. The normalized spacial score (nSPS) is 11.1. The molecule has 3 nitrogen and oxygen atoms in total. The first-order valence-electron chi connectivity index (χ1n) is 5.71. The van der Waals surface area contributed by atoms with E-state index < -0.39 is 11.7 Å². The summed E-state index contributed by atoms with van der Waals surface area (Å²) >= 11 is 6.63. The Balaban J connectivity index is 2.87. The molecule has 8 heteroatoms. The largest absolute Gasteiger partial charge is 0.418 e. The number of amides is 1. The summed E-state index contributed by atoms with van der Waals surface area (Å²) in [6.45, 7) is 1.82. The van der Waals surface area contributed by atoms with Gasteiger partial charge in [-0.2, -0.15) is 13.2 Å². The minimum atomic E-state index is -4.49. The van der Waals surface area contributed by atoms with Crippen LogP contribution >= 0.6 is 34.8 Å². The molecule has 1 rings (SSSR count). The molecule has 110 valence electrons. The van der Waals surface area contributed by atoms with Crippen LogP contribution in [0.4, 0.5) is 18.9 Å². The predicted molar refractivity (Wildman–Crippen MR) is 83.4 cm³/mol. The summed E-state index contributed by atoms with van der Waals surface area (Å²) in [4.78, 5) is 11.3. The Morgan fingerprint density at radius 2 is 2.05 bits per heavy atom. The molecule has 0 saturated carbocycles. The van der Waals surface area contributed by atoms with Crippen LogP contribution in [0.3, 0.4) is 0 Å². The minimum absolute atomic E-state index is 0.143. The van der Waals surface area contributed by atoms with Gasteiger partial charge < -0.3 is 10.6 Å². The van der Waals surface area contributed by atoms with Crippen LogP contribution in [0.15, 0.2) is 18.2 Å². The van der Waals surface area contributed by atoms with Crippen molar-refractivity contribution in [2.75, 3.05) is 5.32 Å². The number of nitrogens with one attached hydrogen (secondary N) is 2. The summed E-state index contributed by atoms with van der Waals surface area (Å²) < 4.78 is 39.1. The highest BCUT2D eigenvalue weighted by atomic mass is 127. The Bertz CT molecular complexity index is 520. The molecule has 1 aromatic carbocycles. The highest BCUT2D eigenvalue weighted by Gasteiger charge is 2.34. The Labute approximate surface area is 133 Å². The summed E-state index contributed by atoms with van der Waals surface area (Å²) in [5.74, 6) is -0.330. The van der Waals surface area contributed by atoms with Crippen molar-refractivity contribution in [3.63, 3.8) is 0 Å². The molecule has 1 amide bonds. The number of carbonyl (C=O) groups excluding carboxylic acids is 1. The highest BCUT2D eigenvalue weighted by molar-refractivity contribution is 14.1. The second-order valence-corrected chi connectivity index (χ2v) is 5.59. The number of alkyl halides is 3. The van der Waals surface area contributed by atoms with Crippen molar-refractivity contribution in [2.45, 2.75) is 25.9 Å². The minimum Gasteiger partial charge on any atom is -0.332 e. The highest BCUT2D eigenvalue weighted by Crippen LogP contribution is 2.35. The summed E-state index contributed by atoms with van der Waals surface area (Å²) in [6, 6.07) is 3.82. The van der Waals surface area contributed by atoms with Gasteiger partial charge in [-0.3, -0.25) is 4.79 Å². The first kappa shape index (κ1) is 17.2. The zero-order chi connectivity index (χ0) is 15.3. The maximum absolute atomic E-state index is 12.9. The van der Waals surface area contributed by atoms with Gasteiger partial charge in [-0.25, -0.2) is 0 Å². The van der Waals surface area contributed by atoms with Gasteiger partial charge in [0, 0.05) is 9.99 Å². The van der Waals surface area contributed by atoms with Crippen LogP contribution in [0.1, 0.15) is 25.3 Å². The quantitative estimate of drug-likeness (QED) is 0.580. The van der Waals surface area contributed by atoms with Crippen molar-refractivity contribution in [3.05, 3.63) is 27.3 Å². The molecule has 0 aliphatic carbocycles. The van der Waals surface area contributed by atoms with E-state index in [2.05, 4.69) is 10.6 Å². The molecule has 0 aromatic heterocycles. The molecule has 0 bridgehead atoms. The molecular formula is C12H12F3IN2OS. The first-order valence-corrected chi connectivity index (χ1v) is 7.20. The van der Waals surface area contributed by atoms with Gasteiger partial charge in [-0.15, -0.1) is 0 Å². The van der Waals surface area contributed by atoms with Gasteiger partial charge in [0.15, 0.2) is 5.11 Å². The van der Waals surface area contributed by atoms with E-state index in [0.717, 1.165) is 6.07 Å². The van der Waals surface area contributed by atoms with Gasteiger partial charge >= 0.3 is 6.18 Å². The van der Waals surface area contributed by atoms with E-state index in [4.69, 9.17) is 12.2 Å². The number of anilines is 1. The molecule has 0 fully saturated rings. The predicted octanol–water partition coefficient (Wildman–Crippen LogP) is 3.92. The van der Waals surface area contributed by atoms with E-state index >= 15 is 0 Å². The molecule has 1 aromatic rings. The zero-order valence-electron chi connectivity index (χ0n) is 10.5. The third kappa shape index (κ3) is 5.23. The number of hydrogen-bond acceptors (Lipinski definition) is 2. The molecule has 0 unspecified atom stereocenters. The van der Waals surface area contributed by atoms with Crippen molar-refractivity contribution >= 4 is 51.5 Å². The second-order valence-electron chi connectivity index (χ2n) is 3.94. The zero-order valence-corrected chi connectivity index (χ0v) is 13.4. The Kier molecular flexibility index (Phi) is 6.18. The topological polar surface area (TPSA) is 41.1 Å². The van der Waals surface area contributed by atoms with Crippen LogP contribution in [0.5, 0.6) is 0 Å². The number of thiocarbonyl (C=S) groups is 1. The molecule has 0 spiro atoms. The first-order chi connectivity index (χ1) is 9.24. The molecule has 20 heavy (non-hydrogen) atoms. The van der Waals surface area contributed by atoms with Crippen molar-refractivity contribution in [1.82, 2.24) is 5.32 Å². The maximum atomic E-state index is 12.9. The fourth-order valence-electron chi connectivity index (χ4n) is 1.43. The van der Waals surface area contributed by atoms with E-state index in [-0.39, 0.29) is 23.1 Å². The van der Waals surface area contributed by atoms with Crippen LogP contribution in [0, 0.1) is 3.57 Å². The summed E-state index contributed by atoms with van der Waals surface area (Å²) in [5, 5.41) is 4.60. The summed E-state index contributed by atoms with van der Waals surface area (Å²) in [6.07, 6.45) is -3.60. The van der Waals surface area contributed by atoms with E-state index in [1.54, 1.807) is 22.6 Å². The van der Waals surface area contributed by atoms with Gasteiger partial charge in [-0.1, -0.05) is 6.92 Å². The van der Waals surface area contributed by atoms with Crippen LogP contribution in [0.2, 0.25) is 0 Å². The van der Waals surface area contributed by atoms with Gasteiger partial charge in [0.2, 0.25) is 5.91 Å². The van der Waals surface area contributed by atoms with E-state index in [9.17, 15) is 18.0 Å². The molecular weight excluding hydrogens is 404 g/mol. The van der Waals surface area contributed by atoms with E-state index in [1.807, 2.05) is 6.92 Å². The fourth-order valence-corrected chi connectivity index (χ4v) is 2.14. The number of rotatable bonds is 3. The van der Waals surface area contributed by atoms with Crippen LogP contribution in [-0.4, -0.2) is 11.0 Å². The fraction of sp³-hybridized carbons (Fsp3) is 0.333. The monoisotopic (exact) mass is 416 g/mol. The SMILES string of the molecule is CCCC(=O)NC(=S)Nc1ccc(I)cc1C(F)(F)F. The van der Waals surface area contributed by atoms with Gasteiger partial charge in [0.1, 0.15) is 0 Å². The van der Waals surface area contributed by atoms with Gasteiger partial charge in [0.25, 0.3) is 0 Å². The smallest absolute Gasteiger partial charge is 0.332 e. The maximum Gasteiger partial charge on any atom is 0.418 e. The molecule has 0 heterocycles. The lowest BCUT2D eigenvalue weighted by Gasteiger charge is -2.15. The standard InChI is InChI=1S/C12H12F3IN2OS/c1-2-3-10(19)18-11(20)17-9-5-4-7(16)6-8(9)12(13,14)15/h4-6H,2-3H2,1H3,(H2,17,18,19,20). The van der Waals surface area contributed by atoms with Gasteiger partial charge in [-0.05, 0) is 59.4 Å². The Hall–Kier alpha value is -0.900. The second kappa shape index (κ2) is 7.21. The number of carbonyl (C=O) groups is 1. The third-order valence-electron chi connectivity index (χ3n) is 2.27. The summed E-state index contributed by atoms with van der Waals surface area (Å²) in [5.41, 5.74) is -1.00. The Morgan fingerprint density at radius 3 is 2.60 bits per heavy atom. The molecule has 0 saturated heterocycles. The molecule has 0 atom stereocenters. The lowest BCUT2D eigenvalue weighted by atomic mass is 10.1. The lowest BCUT2D eigenvalue weighted by molar-refractivity contribution is -0.137. The van der Waals surface area contributed by atoms with Gasteiger partial charge in [0.05, 0.1) is 11.3 Å². The average molecular weight is 416 g/mol. The van der Waals surface area contributed by atoms with E-state index in [0.29, 0.717) is 9.99 Å². The molecule has 0 radical (unpaired) electrons. The molecule has 0 aliphatic rings. The summed E-state index contributed by atoms with van der Waals surface area (Å²) in [7, 11) is 0. The van der Waals surface area contributed by atoms with E-state index in [1.165, 1.54) is 12.1 Å². The van der Waals surface area contributed by atoms with Crippen molar-refractivity contribution in [3.8, 4) is 0 Å². The van der Waals surface area contributed by atoms with Crippen LogP contribution in [0.25, 0.3) is 0 Å². The lowest BCUT2D eigenvalue weighted by Crippen LogP contribution is -2.34. The van der Waals surface area contributed by atoms with Crippen LogP contribution < -0.4 is 10.6 Å². The average Bonchev–Trinajstić information content (AvgIpc) is 2.30. The molecule has 0 aliphatic heterocycles. The molecule has 2 N–H and O–H groups in total.